The van der Waals surface area contributed by atoms with Crippen LogP contribution in [0.4, 0.5) is 0 Å². The van der Waals surface area contributed by atoms with Gasteiger partial charge in [0, 0.05) is 50.2 Å². The Balaban J connectivity index is 1.49. The van der Waals surface area contributed by atoms with Crippen LogP contribution in [-0.4, -0.2) is 36.9 Å². The highest BCUT2D eigenvalue weighted by atomic mass is 16.2. The lowest BCUT2D eigenvalue weighted by Crippen LogP contribution is -2.38. The molecule has 6 nitrogen and oxygen atoms in total. The molecule has 0 radical (unpaired) electrons. The van der Waals surface area contributed by atoms with Crippen LogP contribution in [0.25, 0.3) is 5.69 Å². The van der Waals surface area contributed by atoms with E-state index in [2.05, 4.69) is 28.4 Å². The van der Waals surface area contributed by atoms with E-state index in [0.29, 0.717) is 18.7 Å². The smallest absolute Gasteiger partial charge is 0.254 e. The number of hydrogen-bond donors (Lipinski definition) is 0. The zero-order valence-electron chi connectivity index (χ0n) is 16.1. The molecule has 1 aliphatic rings. The Labute approximate surface area is 169 Å². The molecule has 0 saturated carbocycles. The number of amides is 1. The van der Waals surface area contributed by atoms with Crippen molar-refractivity contribution in [2.45, 2.75) is 12.5 Å². The Morgan fingerprint density at radius 3 is 2.76 bits per heavy atom. The van der Waals surface area contributed by atoms with Gasteiger partial charge < -0.3 is 4.90 Å². The van der Waals surface area contributed by atoms with Crippen LogP contribution >= 0.6 is 0 Å². The number of fused-ring (bicyclic) bond motifs is 1. The van der Waals surface area contributed by atoms with Gasteiger partial charge >= 0.3 is 0 Å². The second-order valence-corrected chi connectivity index (χ2v) is 7.39. The number of rotatable bonds is 3. The van der Waals surface area contributed by atoms with Crippen molar-refractivity contribution in [2.24, 2.45) is 7.05 Å². The third-order valence-electron chi connectivity index (χ3n) is 5.47. The quantitative estimate of drug-likeness (QED) is 0.545. The van der Waals surface area contributed by atoms with Crippen molar-refractivity contribution in [3.05, 3.63) is 102 Å². The zero-order valence-corrected chi connectivity index (χ0v) is 16.1. The second kappa shape index (κ2) is 7.05. The van der Waals surface area contributed by atoms with Crippen molar-refractivity contribution in [3.8, 4) is 5.69 Å². The summed E-state index contributed by atoms with van der Waals surface area (Å²) < 4.78 is 3.58. The normalized spacial score (nSPS) is 15.9. The molecule has 1 amide bonds. The summed E-state index contributed by atoms with van der Waals surface area (Å²) in [5.41, 5.74) is 5.13. The number of benzene rings is 2. The fourth-order valence-electron chi connectivity index (χ4n) is 4.05. The third kappa shape index (κ3) is 3.23. The summed E-state index contributed by atoms with van der Waals surface area (Å²) >= 11 is 0. The molecule has 0 saturated heterocycles. The average molecular weight is 383 g/mol. The molecule has 29 heavy (non-hydrogen) atoms. The van der Waals surface area contributed by atoms with E-state index in [4.69, 9.17) is 0 Å². The summed E-state index contributed by atoms with van der Waals surface area (Å²) in [4.78, 5) is 15.3. The Morgan fingerprint density at radius 1 is 1.07 bits per heavy atom. The molecule has 0 unspecified atom stereocenters. The molecule has 4 aromatic rings. The number of aromatic nitrogens is 4. The first-order valence-corrected chi connectivity index (χ1v) is 9.65. The number of carbonyl (C=O) groups excluding carboxylic acids is 1. The van der Waals surface area contributed by atoms with Gasteiger partial charge in [0.15, 0.2) is 0 Å². The third-order valence-corrected chi connectivity index (χ3v) is 5.47. The number of hydrogen-bond acceptors (Lipinski definition) is 3. The van der Waals surface area contributed by atoms with E-state index in [1.807, 2.05) is 71.6 Å². The molecule has 0 bridgehead atoms. The molecule has 0 aliphatic carbocycles. The number of nitrogens with zero attached hydrogens (tertiary/aromatic N) is 5. The molecule has 2 aromatic heterocycles. The molecule has 1 aliphatic heterocycles. The Bertz CT molecular complexity index is 1160. The highest BCUT2D eigenvalue weighted by Crippen LogP contribution is 2.34. The number of carbonyl (C=O) groups is 1. The Hall–Kier alpha value is -3.67. The first-order valence-electron chi connectivity index (χ1n) is 9.65. The Kier molecular flexibility index (Phi) is 4.24. The SMILES string of the molecule is Cn1cc([C@@H]2CN(C(=O)c3cccc(-n4cccn4)c3)Cc3ccccc32)cn1. The Morgan fingerprint density at radius 2 is 1.97 bits per heavy atom. The molecule has 0 N–H and O–H groups in total. The van der Waals surface area contributed by atoms with Gasteiger partial charge in [0.05, 0.1) is 11.9 Å². The fourth-order valence-corrected chi connectivity index (χ4v) is 4.05. The van der Waals surface area contributed by atoms with Gasteiger partial charge in [-0.15, -0.1) is 0 Å². The molecule has 6 heteroatoms. The van der Waals surface area contributed by atoms with E-state index in [0.717, 1.165) is 11.3 Å². The topological polar surface area (TPSA) is 56.0 Å². The summed E-state index contributed by atoms with van der Waals surface area (Å²) in [7, 11) is 1.92. The lowest BCUT2D eigenvalue weighted by Gasteiger charge is -2.34. The minimum Gasteiger partial charge on any atom is -0.333 e. The highest BCUT2D eigenvalue weighted by molar-refractivity contribution is 5.95. The summed E-state index contributed by atoms with van der Waals surface area (Å²) in [6, 6.07) is 17.9. The molecule has 0 spiro atoms. The van der Waals surface area contributed by atoms with E-state index in [9.17, 15) is 4.79 Å². The van der Waals surface area contributed by atoms with Crippen LogP contribution in [0.3, 0.4) is 0 Å². The predicted octanol–water partition coefficient (Wildman–Crippen LogP) is 3.39. The van der Waals surface area contributed by atoms with Gasteiger partial charge in [0.1, 0.15) is 0 Å². The molecular formula is C23H21N5O. The molecule has 0 fully saturated rings. The molecule has 2 aromatic carbocycles. The maximum Gasteiger partial charge on any atom is 0.254 e. The van der Waals surface area contributed by atoms with E-state index in [1.165, 1.54) is 11.1 Å². The highest BCUT2D eigenvalue weighted by Gasteiger charge is 2.30. The maximum absolute atomic E-state index is 13.4. The summed E-state index contributed by atoms with van der Waals surface area (Å²) in [5, 5.41) is 8.60. The van der Waals surface area contributed by atoms with E-state index >= 15 is 0 Å². The fraction of sp³-hybridized carbons (Fsp3) is 0.174. The molecule has 3 heterocycles. The predicted molar refractivity (Wildman–Crippen MR) is 110 cm³/mol. The van der Waals surface area contributed by atoms with Gasteiger partial charge in [-0.3, -0.25) is 9.48 Å². The average Bonchev–Trinajstić information content (AvgIpc) is 3.44. The van der Waals surface area contributed by atoms with Crippen LogP contribution in [0.5, 0.6) is 0 Å². The van der Waals surface area contributed by atoms with E-state index in [-0.39, 0.29) is 11.8 Å². The first-order chi connectivity index (χ1) is 14.2. The van der Waals surface area contributed by atoms with Crippen molar-refractivity contribution in [2.75, 3.05) is 6.54 Å². The van der Waals surface area contributed by atoms with Gasteiger partial charge in [-0.05, 0) is 41.0 Å². The second-order valence-electron chi connectivity index (χ2n) is 7.39. The van der Waals surface area contributed by atoms with Crippen molar-refractivity contribution in [1.82, 2.24) is 24.5 Å². The first kappa shape index (κ1) is 17.4. The minimum absolute atomic E-state index is 0.0300. The van der Waals surface area contributed by atoms with E-state index < -0.39 is 0 Å². The van der Waals surface area contributed by atoms with Crippen LogP contribution in [-0.2, 0) is 13.6 Å². The minimum atomic E-state index is 0.0300. The van der Waals surface area contributed by atoms with Crippen molar-refractivity contribution < 1.29 is 4.79 Å². The van der Waals surface area contributed by atoms with Crippen LogP contribution < -0.4 is 0 Å². The van der Waals surface area contributed by atoms with Crippen molar-refractivity contribution in [3.63, 3.8) is 0 Å². The van der Waals surface area contributed by atoms with Gasteiger partial charge in [-0.1, -0.05) is 30.3 Å². The van der Waals surface area contributed by atoms with Gasteiger partial charge in [0.25, 0.3) is 5.91 Å². The van der Waals surface area contributed by atoms with Crippen molar-refractivity contribution in [1.29, 1.82) is 0 Å². The summed E-state index contributed by atoms with van der Waals surface area (Å²) in [6.45, 7) is 1.24. The van der Waals surface area contributed by atoms with E-state index in [1.54, 1.807) is 10.9 Å². The monoisotopic (exact) mass is 383 g/mol. The largest absolute Gasteiger partial charge is 0.333 e. The van der Waals surface area contributed by atoms with Crippen LogP contribution in [0.1, 0.15) is 33.0 Å². The lowest BCUT2D eigenvalue weighted by molar-refractivity contribution is 0.0725. The molecule has 1 atom stereocenters. The standard InChI is InChI=1S/C23H21N5O/c1-26-14-19(13-25-26)22-16-27(15-18-6-2-3-9-21(18)22)23(29)17-7-4-8-20(12-17)28-11-5-10-24-28/h2-14,22H,15-16H2,1H3/t22-/m0/s1. The van der Waals surface area contributed by atoms with Gasteiger partial charge in [0.2, 0.25) is 0 Å². The number of aryl methyl sites for hydroxylation is 1. The van der Waals surface area contributed by atoms with Crippen LogP contribution in [0, 0.1) is 0 Å². The lowest BCUT2D eigenvalue weighted by atomic mass is 9.86. The van der Waals surface area contributed by atoms with Gasteiger partial charge in [-0.25, -0.2) is 4.68 Å². The molecule has 144 valence electrons. The molecule has 5 rings (SSSR count). The molecular weight excluding hydrogens is 362 g/mol. The summed E-state index contributed by atoms with van der Waals surface area (Å²) in [5.74, 6) is 0.147. The van der Waals surface area contributed by atoms with Crippen LogP contribution in [0.15, 0.2) is 79.4 Å². The zero-order chi connectivity index (χ0) is 19.8. The van der Waals surface area contributed by atoms with Gasteiger partial charge in [-0.2, -0.15) is 10.2 Å². The van der Waals surface area contributed by atoms with Crippen molar-refractivity contribution >= 4 is 5.91 Å². The summed E-state index contributed by atoms with van der Waals surface area (Å²) in [6.07, 6.45) is 7.54. The maximum atomic E-state index is 13.4. The van der Waals surface area contributed by atoms with Crippen LogP contribution in [0.2, 0.25) is 0 Å².